The number of nitrogens with zero attached hydrogens (tertiary/aromatic N) is 1. The molecule has 0 saturated carbocycles. The van der Waals surface area contributed by atoms with Crippen molar-refractivity contribution in [3.8, 4) is 22.3 Å². The van der Waals surface area contributed by atoms with Crippen molar-refractivity contribution in [2.24, 2.45) is 0 Å². The van der Waals surface area contributed by atoms with Gasteiger partial charge in [-0.2, -0.15) is 0 Å². The van der Waals surface area contributed by atoms with Gasteiger partial charge in [0.1, 0.15) is 6.26 Å². The van der Waals surface area contributed by atoms with Crippen LogP contribution in [-0.4, -0.2) is 16.1 Å². The molecule has 0 spiro atoms. The highest BCUT2D eigenvalue weighted by molar-refractivity contribution is 5.99. The summed E-state index contributed by atoms with van der Waals surface area (Å²) in [6.45, 7) is 0. The van der Waals surface area contributed by atoms with Crippen LogP contribution >= 0.6 is 0 Å². The summed E-state index contributed by atoms with van der Waals surface area (Å²) >= 11 is 0. The number of furan rings is 1. The largest absolute Gasteiger partial charge is 0.475 e. The van der Waals surface area contributed by atoms with Crippen molar-refractivity contribution in [2.75, 3.05) is 0 Å². The normalized spacial score (nSPS) is 10.4. The minimum Gasteiger partial charge on any atom is -0.475 e. The zero-order valence-electron chi connectivity index (χ0n) is 10.5. The van der Waals surface area contributed by atoms with Crippen LogP contribution in [0.25, 0.3) is 22.3 Å². The van der Waals surface area contributed by atoms with Gasteiger partial charge in [-0.05, 0) is 23.3 Å². The second-order valence-electron chi connectivity index (χ2n) is 4.26. The molecule has 0 bridgehead atoms. The molecule has 1 N–H and O–H groups in total. The van der Waals surface area contributed by atoms with Crippen LogP contribution in [0, 0.1) is 0 Å². The quantitative estimate of drug-likeness (QED) is 0.784. The van der Waals surface area contributed by atoms with E-state index in [1.165, 1.54) is 6.26 Å². The van der Waals surface area contributed by atoms with Crippen LogP contribution in [0.3, 0.4) is 0 Å². The summed E-state index contributed by atoms with van der Waals surface area (Å²) in [4.78, 5) is 15.3. The van der Waals surface area contributed by atoms with E-state index in [4.69, 9.17) is 4.42 Å². The molecule has 0 aliphatic rings. The van der Waals surface area contributed by atoms with E-state index in [9.17, 15) is 9.90 Å². The lowest BCUT2D eigenvalue weighted by Gasteiger charge is -2.04. The number of hydrogen-bond donors (Lipinski definition) is 1. The Bertz CT molecular complexity index is 733. The first-order valence-corrected chi connectivity index (χ1v) is 6.08. The highest BCUT2D eigenvalue weighted by atomic mass is 16.4. The summed E-state index contributed by atoms with van der Waals surface area (Å²) in [6.07, 6.45) is 4.80. The zero-order chi connectivity index (χ0) is 13.9. The van der Waals surface area contributed by atoms with Gasteiger partial charge in [0.15, 0.2) is 0 Å². The fourth-order valence-electron chi connectivity index (χ4n) is 2.15. The van der Waals surface area contributed by atoms with Gasteiger partial charge in [0.2, 0.25) is 5.76 Å². The minimum atomic E-state index is -1.08. The average molecular weight is 265 g/mol. The van der Waals surface area contributed by atoms with Crippen LogP contribution in [0.5, 0.6) is 0 Å². The average Bonchev–Trinajstić information content (AvgIpc) is 2.94. The number of carboxylic acids is 1. The summed E-state index contributed by atoms with van der Waals surface area (Å²) in [7, 11) is 0. The second kappa shape index (κ2) is 5.01. The molecular formula is C16H11NO3. The van der Waals surface area contributed by atoms with E-state index in [2.05, 4.69) is 4.98 Å². The molecule has 2 aromatic heterocycles. The lowest BCUT2D eigenvalue weighted by molar-refractivity contribution is 0.0663. The molecule has 0 amide bonds. The molecule has 2 heterocycles. The Balaban J connectivity index is 2.25. The highest BCUT2D eigenvalue weighted by Gasteiger charge is 2.21. The van der Waals surface area contributed by atoms with Gasteiger partial charge in [-0.1, -0.05) is 30.3 Å². The summed E-state index contributed by atoms with van der Waals surface area (Å²) < 4.78 is 5.25. The molecule has 4 heteroatoms. The van der Waals surface area contributed by atoms with Crippen molar-refractivity contribution < 1.29 is 14.3 Å². The minimum absolute atomic E-state index is 0.0528. The fraction of sp³-hybridized carbons (Fsp3) is 0. The molecule has 3 aromatic rings. The predicted octanol–water partition coefficient (Wildman–Crippen LogP) is 3.71. The maximum Gasteiger partial charge on any atom is 0.372 e. The van der Waals surface area contributed by atoms with E-state index in [-0.39, 0.29) is 5.76 Å². The number of carbonyl (C=O) groups is 1. The number of pyridine rings is 1. The van der Waals surface area contributed by atoms with Crippen molar-refractivity contribution in [3.63, 3.8) is 0 Å². The predicted molar refractivity (Wildman–Crippen MR) is 74.3 cm³/mol. The van der Waals surface area contributed by atoms with Gasteiger partial charge in [-0.3, -0.25) is 4.98 Å². The molecule has 98 valence electrons. The molecule has 0 atom stereocenters. The molecule has 0 aliphatic carbocycles. The van der Waals surface area contributed by atoms with Crippen molar-refractivity contribution in [1.82, 2.24) is 4.98 Å². The molecule has 20 heavy (non-hydrogen) atoms. The summed E-state index contributed by atoms with van der Waals surface area (Å²) in [5.74, 6) is -1.13. The van der Waals surface area contributed by atoms with Gasteiger partial charge in [0.05, 0.1) is 0 Å². The lowest BCUT2D eigenvalue weighted by atomic mass is 9.97. The number of hydrogen-bond acceptors (Lipinski definition) is 3. The van der Waals surface area contributed by atoms with Gasteiger partial charge >= 0.3 is 5.97 Å². The number of aromatic carboxylic acids is 1. The van der Waals surface area contributed by atoms with Crippen LogP contribution in [0.2, 0.25) is 0 Å². The van der Waals surface area contributed by atoms with Crippen LogP contribution in [0.1, 0.15) is 10.6 Å². The van der Waals surface area contributed by atoms with Gasteiger partial charge in [-0.25, -0.2) is 4.79 Å². The Morgan fingerprint density at radius 3 is 2.35 bits per heavy atom. The van der Waals surface area contributed by atoms with Gasteiger partial charge in [-0.15, -0.1) is 0 Å². The SMILES string of the molecule is O=C(O)c1occ(-c2ccncc2)c1-c1ccccc1. The van der Waals surface area contributed by atoms with E-state index in [0.717, 1.165) is 16.7 Å². The number of aromatic nitrogens is 1. The molecular weight excluding hydrogens is 254 g/mol. The Hall–Kier alpha value is -2.88. The topological polar surface area (TPSA) is 63.3 Å². The van der Waals surface area contributed by atoms with Gasteiger partial charge in [0.25, 0.3) is 0 Å². The third kappa shape index (κ3) is 2.07. The van der Waals surface area contributed by atoms with E-state index < -0.39 is 5.97 Å². The first-order chi connectivity index (χ1) is 9.77. The van der Waals surface area contributed by atoms with E-state index >= 15 is 0 Å². The van der Waals surface area contributed by atoms with Gasteiger partial charge in [0, 0.05) is 23.5 Å². The first kappa shape index (κ1) is 12.2. The molecule has 0 fully saturated rings. The molecule has 4 nitrogen and oxygen atoms in total. The maximum absolute atomic E-state index is 11.3. The van der Waals surface area contributed by atoms with Crippen molar-refractivity contribution in [1.29, 1.82) is 0 Å². The van der Waals surface area contributed by atoms with E-state index in [1.54, 1.807) is 12.4 Å². The number of rotatable bonds is 3. The smallest absolute Gasteiger partial charge is 0.372 e. The van der Waals surface area contributed by atoms with Gasteiger partial charge < -0.3 is 9.52 Å². The zero-order valence-corrected chi connectivity index (χ0v) is 10.5. The van der Waals surface area contributed by atoms with E-state index in [0.29, 0.717) is 5.56 Å². The molecule has 0 radical (unpaired) electrons. The summed E-state index contributed by atoms with van der Waals surface area (Å²) in [5.41, 5.74) is 3.01. The Morgan fingerprint density at radius 2 is 1.70 bits per heavy atom. The molecule has 0 unspecified atom stereocenters. The first-order valence-electron chi connectivity index (χ1n) is 6.08. The van der Waals surface area contributed by atoms with Crippen molar-refractivity contribution in [2.45, 2.75) is 0 Å². The maximum atomic E-state index is 11.3. The van der Waals surface area contributed by atoms with Crippen LogP contribution in [0.15, 0.2) is 65.5 Å². The van der Waals surface area contributed by atoms with Crippen LogP contribution in [0.4, 0.5) is 0 Å². The second-order valence-corrected chi connectivity index (χ2v) is 4.26. The molecule has 3 rings (SSSR count). The third-order valence-electron chi connectivity index (χ3n) is 3.04. The van der Waals surface area contributed by atoms with Crippen LogP contribution in [-0.2, 0) is 0 Å². The summed E-state index contributed by atoms with van der Waals surface area (Å²) in [5, 5.41) is 9.28. The lowest BCUT2D eigenvalue weighted by Crippen LogP contribution is -1.96. The monoisotopic (exact) mass is 265 g/mol. The molecule has 0 aliphatic heterocycles. The van der Waals surface area contributed by atoms with Crippen LogP contribution < -0.4 is 0 Å². The standard InChI is InChI=1S/C16H11NO3/c18-16(19)15-14(12-4-2-1-3-5-12)13(10-20-15)11-6-8-17-9-7-11/h1-10H,(H,18,19). The highest BCUT2D eigenvalue weighted by Crippen LogP contribution is 2.36. The third-order valence-corrected chi connectivity index (χ3v) is 3.04. The Kier molecular flexibility index (Phi) is 3.05. The number of carboxylic acid groups (broad SMARTS) is 1. The molecule has 1 aromatic carbocycles. The Morgan fingerprint density at radius 1 is 1.00 bits per heavy atom. The van der Waals surface area contributed by atoms with Crippen molar-refractivity contribution >= 4 is 5.97 Å². The van der Waals surface area contributed by atoms with E-state index in [1.807, 2.05) is 42.5 Å². The Labute approximate surface area is 115 Å². The van der Waals surface area contributed by atoms with Crippen molar-refractivity contribution in [3.05, 3.63) is 66.9 Å². The summed E-state index contributed by atoms with van der Waals surface area (Å²) in [6, 6.07) is 13.0. The number of benzene rings is 1. The fourth-order valence-corrected chi connectivity index (χ4v) is 2.15. The molecule has 0 saturated heterocycles.